The molecule has 0 fully saturated rings. The molecule has 72 valence electrons. The Bertz CT molecular complexity index is 287. The minimum atomic E-state index is -1.15. The molecule has 0 aromatic heterocycles. The molecule has 1 rings (SSSR count). The zero-order valence-corrected chi connectivity index (χ0v) is 10.6. The molecule has 0 radical (unpaired) electrons. The van der Waals surface area contributed by atoms with Crippen molar-refractivity contribution in [2.75, 3.05) is 12.3 Å². The van der Waals surface area contributed by atoms with Gasteiger partial charge >= 0.3 is 0 Å². The lowest BCUT2D eigenvalue weighted by Crippen LogP contribution is -1.83. The molecule has 3 heteroatoms. The van der Waals surface area contributed by atoms with Crippen LogP contribution in [-0.2, 0) is 11.8 Å². The monoisotopic (exact) mass is 230 g/mol. The first kappa shape index (κ1) is 11.3. The molecule has 0 saturated heterocycles. The Morgan fingerprint density at radius 1 is 1.15 bits per heavy atom. The van der Waals surface area contributed by atoms with Crippen LogP contribution in [0.3, 0.4) is 0 Å². The van der Waals surface area contributed by atoms with Gasteiger partial charge in [-0.15, -0.1) is 0 Å². The van der Waals surface area contributed by atoms with Crippen molar-refractivity contribution in [3.8, 4) is 0 Å². The zero-order chi connectivity index (χ0) is 9.73. The van der Waals surface area contributed by atoms with E-state index in [0.29, 0.717) is 0 Å². The summed E-state index contributed by atoms with van der Waals surface area (Å²) in [5.74, 6) is 0. The van der Waals surface area contributed by atoms with Gasteiger partial charge in [0.2, 0.25) is 0 Å². The summed E-state index contributed by atoms with van der Waals surface area (Å²) in [7, 11) is 0. The fourth-order valence-electron chi connectivity index (χ4n) is 1.03. The Hall–Kier alpha value is 0.220. The van der Waals surface area contributed by atoms with Gasteiger partial charge in [-0.3, -0.25) is 0 Å². The van der Waals surface area contributed by atoms with Crippen LogP contribution in [0.2, 0.25) is 0 Å². The van der Waals surface area contributed by atoms with E-state index in [1.54, 1.807) is 0 Å². The van der Waals surface area contributed by atoms with Gasteiger partial charge in [-0.2, -0.15) is 0 Å². The molecule has 0 nitrogen and oxygen atoms in total. The fraction of sp³-hybridized carbons (Fsp3) is 0.400. The largest absolute Gasteiger partial charge is 0.0882 e. The van der Waals surface area contributed by atoms with E-state index in [4.69, 9.17) is 11.8 Å². The highest BCUT2D eigenvalue weighted by molar-refractivity contribution is 8.71. The maximum absolute atomic E-state index is 5.66. The maximum Gasteiger partial charge on any atom is 0.0124 e. The van der Waals surface area contributed by atoms with Crippen molar-refractivity contribution in [2.24, 2.45) is 0 Å². The van der Waals surface area contributed by atoms with Gasteiger partial charge in [-0.25, -0.2) is 0 Å². The van der Waals surface area contributed by atoms with Gasteiger partial charge in [0.15, 0.2) is 0 Å². The predicted molar refractivity (Wildman–Crippen MR) is 67.7 cm³/mol. The number of rotatable bonds is 4. The Morgan fingerprint density at radius 3 is 2.15 bits per heavy atom. The SMILES string of the molecule is CCP(=S)(CC)Sc1ccccc1. The molecule has 1 aromatic carbocycles. The lowest BCUT2D eigenvalue weighted by molar-refractivity contribution is 1.43. The third kappa shape index (κ3) is 3.46. The van der Waals surface area contributed by atoms with Gasteiger partial charge < -0.3 is 0 Å². The van der Waals surface area contributed by atoms with E-state index in [1.807, 2.05) is 17.4 Å². The number of benzene rings is 1. The van der Waals surface area contributed by atoms with E-state index in [9.17, 15) is 0 Å². The highest BCUT2D eigenvalue weighted by Crippen LogP contribution is 2.61. The predicted octanol–water partition coefficient (Wildman–Crippen LogP) is 4.21. The molecule has 0 aliphatic heterocycles. The summed E-state index contributed by atoms with van der Waals surface area (Å²) in [5.41, 5.74) is 0. The van der Waals surface area contributed by atoms with Gasteiger partial charge in [0.25, 0.3) is 0 Å². The molecule has 0 unspecified atom stereocenters. The average Bonchev–Trinajstić information content (AvgIpc) is 2.19. The molecule has 13 heavy (non-hydrogen) atoms. The smallest absolute Gasteiger partial charge is 0.0124 e. The highest BCUT2D eigenvalue weighted by atomic mass is 32.9. The molecule has 0 aliphatic rings. The molecule has 0 N–H and O–H groups in total. The molecule has 0 bridgehead atoms. The minimum Gasteiger partial charge on any atom is -0.0882 e. The first-order chi connectivity index (χ1) is 6.20. The Balaban J connectivity index is 2.74. The van der Waals surface area contributed by atoms with Crippen molar-refractivity contribution < 1.29 is 0 Å². The van der Waals surface area contributed by atoms with Gasteiger partial charge in [0, 0.05) is 10.1 Å². The summed E-state index contributed by atoms with van der Waals surface area (Å²) in [6.45, 7) is 4.42. The molecule has 0 saturated carbocycles. The van der Waals surface area contributed by atoms with E-state index >= 15 is 0 Å². The molecule has 0 atom stereocenters. The summed E-state index contributed by atoms with van der Waals surface area (Å²) in [6.07, 6.45) is 2.30. The van der Waals surface area contributed by atoms with Crippen LogP contribution in [0, 0.1) is 0 Å². The van der Waals surface area contributed by atoms with E-state index < -0.39 is 5.24 Å². The molecular formula is C10H15PS2. The van der Waals surface area contributed by atoms with Gasteiger partial charge in [0.05, 0.1) is 0 Å². The van der Waals surface area contributed by atoms with Crippen LogP contribution >= 0.6 is 16.6 Å². The Morgan fingerprint density at radius 2 is 1.69 bits per heavy atom. The van der Waals surface area contributed by atoms with Crippen LogP contribution in [0.15, 0.2) is 35.2 Å². The van der Waals surface area contributed by atoms with Crippen LogP contribution in [0.4, 0.5) is 0 Å². The Labute approximate surface area is 89.9 Å². The lowest BCUT2D eigenvalue weighted by atomic mass is 10.4. The topological polar surface area (TPSA) is 0 Å². The van der Waals surface area contributed by atoms with Crippen molar-refractivity contribution in [3.05, 3.63) is 30.3 Å². The van der Waals surface area contributed by atoms with Crippen LogP contribution in [-0.4, -0.2) is 12.3 Å². The van der Waals surface area contributed by atoms with E-state index in [1.165, 1.54) is 4.90 Å². The quantitative estimate of drug-likeness (QED) is 0.710. The standard InChI is InChI=1S/C10H15PS2/c1-3-11(12,4-2)13-10-8-6-5-7-9-10/h5-9H,3-4H2,1-2H3. The Kier molecular flexibility index (Phi) is 4.51. The molecule has 0 aliphatic carbocycles. The van der Waals surface area contributed by atoms with Gasteiger partial charge in [-0.05, 0) is 24.5 Å². The van der Waals surface area contributed by atoms with E-state index in [0.717, 1.165) is 12.3 Å². The zero-order valence-electron chi connectivity index (χ0n) is 8.06. The lowest BCUT2D eigenvalue weighted by Gasteiger charge is -2.16. The highest BCUT2D eigenvalue weighted by Gasteiger charge is 2.12. The molecule has 0 heterocycles. The molecular weight excluding hydrogens is 215 g/mol. The maximum atomic E-state index is 5.66. The van der Waals surface area contributed by atoms with Crippen LogP contribution in [0.25, 0.3) is 0 Å². The molecule has 1 aromatic rings. The summed E-state index contributed by atoms with van der Waals surface area (Å²) in [5, 5.41) is -1.15. The van der Waals surface area contributed by atoms with Crippen molar-refractivity contribution >= 4 is 28.4 Å². The van der Waals surface area contributed by atoms with E-state index in [-0.39, 0.29) is 0 Å². The second-order valence-corrected chi connectivity index (χ2v) is 11.8. The van der Waals surface area contributed by atoms with Crippen LogP contribution < -0.4 is 0 Å². The third-order valence-corrected chi connectivity index (χ3v) is 10.1. The van der Waals surface area contributed by atoms with Crippen molar-refractivity contribution in [3.63, 3.8) is 0 Å². The minimum absolute atomic E-state index is 1.15. The summed E-state index contributed by atoms with van der Waals surface area (Å²) in [4.78, 5) is 1.33. The molecule has 0 amide bonds. The summed E-state index contributed by atoms with van der Waals surface area (Å²) in [6, 6.07) is 10.5. The summed E-state index contributed by atoms with van der Waals surface area (Å²) < 4.78 is 0. The van der Waals surface area contributed by atoms with Crippen molar-refractivity contribution in [1.29, 1.82) is 0 Å². The van der Waals surface area contributed by atoms with E-state index in [2.05, 4.69) is 38.1 Å². The normalized spacial score (nSPS) is 11.5. The average molecular weight is 230 g/mol. The first-order valence-electron chi connectivity index (χ1n) is 4.53. The molecule has 0 spiro atoms. The van der Waals surface area contributed by atoms with Crippen molar-refractivity contribution in [2.45, 2.75) is 18.7 Å². The summed E-state index contributed by atoms with van der Waals surface area (Å²) >= 11 is 7.58. The first-order valence-corrected chi connectivity index (χ1v) is 9.12. The van der Waals surface area contributed by atoms with Gasteiger partial charge in [0.1, 0.15) is 0 Å². The fourth-order valence-corrected chi connectivity index (χ4v) is 5.46. The van der Waals surface area contributed by atoms with Crippen LogP contribution in [0.5, 0.6) is 0 Å². The second kappa shape index (κ2) is 5.19. The second-order valence-electron chi connectivity index (χ2n) is 2.85. The van der Waals surface area contributed by atoms with Crippen molar-refractivity contribution in [1.82, 2.24) is 0 Å². The number of hydrogen-bond donors (Lipinski definition) is 0. The third-order valence-electron chi connectivity index (χ3n) is 1.98. The van der Waals surface area contributed by atoms with Gasteiger partial charge in [-0.1, -0.05) is 55.2 Å². The number of hydrogen-bond acceptors (Lipinski definition) is 2. The van der Waals surface area contributed by atoms with Crippen LogP contribution in [0.1, 0.15) is 13.8 Å².